The first-order valence-electron chi connectivity index (χ1n) is 6.71. The Bertz CT molecular complexity index is 397. The van der Waals surface area contributed by atoms with E-state index in [0.29, 0.717) is 5.95 Å². The van der Waals surface area contributed by atoms with E-state index in [9.17, 15) is 5.11 Å². The minimum atomic E-state index is 0.194. The predicted octanol–water partition coefficient (Wildman–Crippen LogP) is 1.57. The van der Waals surface area contributed by atoms with Gasteiger partial charge in [0.2, 0.25) is 5.95 Å². The molecule has 0 saturated carbocycles. The Morgan fingerprint density at radius 3 is 3.00 bits per heavy atom. The van der Waals surface area contributed by atoms with Crippen LogP contribution in [0, 0.1) is 6.92 Å². The molecule has 1 aromatic rings. The molecule has 1 aromatic heterocycles. The summed E-state index contributed by atoms with van der Waals surface area (Å²) in [5, 5.41) is 12.6. The first-order chi connectivity index (χ1) is 8.74. The molecule has 1 saturated heterocycles. The molecule has 0 bridgehead atoms. The molecule has 0 amide bonds. The molecule has 0 aliphatic carbocycles. The summed E-state index contributed by atoms with van der Waals surface area (Å²) in [4.78, 5) is 11.1. The maximum absolute atomic E-state index is 9.46. The molecule has 0 radical (unpaired) electrons. The lowest BCUT2D eigenvalue weighted by Gasteiger charge is -2.35. The maximum Gasteiger partial charge on any atom is 0.224 e. The van der Waals surface area contributed by atoms with Crippen molar-refractivity contribution in [1.82, 2.24) is 9.97 Å². The first kappa shape index (κ1) is 13.1. The molecule has 1 unspecified atom stereocenters. The first-order valence-corrected chi connectivity index (χ1v) is 6.71. The molecule has 1 aliphatic heterocycles. The van der Waals surface area contributed by atoms with E-state index < -0.39 is 0 Å². The van der Waals surface area contributed by atoms with Crippen molar-refractivity contribution < 1.29 is 5.11 Å². The van der Waals surface area contributed by atoms with Gasteiger partial charge in [0.25, 0.3) is 0 Å². The van der Waals surface area contributed by atoms with Crippen molar-refractivity contribution in [3.63, 3.8) is 0 Å². The maximum atomic E-state index is 9.46. The third-order valence-electron chi connectivity index (χ3n) is 3.31. The van der Waals surface area contributed by atoms with Gasteiger partial charge < -0.3 is 15.3 Å². The monoisotopic (exact) mass is 250 g/mol. The lowest BCUT2D eigenvalue weighted by molar-refractivity contribution is 0.239. The molecule has 100 valence electrons. The van der Waals surface area contributed by atoms with E-state index in [4.69, 9.17) is 0 Å². The predicted molar refractivity (Wildman–Crippen MR) is 73.0 cm³/mol. The van der Waals surface area contributed by atoms with Gasteiger partial charge in [-0.1, -0.05) is 0 Å². The number of hydrogen-bond donors (Lipinski definition) is 2. The van der Waals surface area contributed by atoms with Crippen molar-refractivity contribution in [2.45, 2.75) is 39.2 Å². The number of rotatable bonds is 4. The fourth-order valence-corrected chi connectivity index (χ4v) is 2.43. The van der Waals surface area contributed by atoms with Gasteiger partial charge in [0.1, 0.15) is 5.82 Å². The quantitative estimate of drug-likeness (QED) is 0.849. The number of piperidine rings is 1. The number of aliphatic hydroxyl groups excluding tert-OH is 1. The van der Waals surface area contributed by atoms with Crippen molar-refractivity contribution in [2.75, 3.05) is 29.9 Å². The lowest BCUT2D eigenvalue weighted by Crippen LogP contribution is -2.42. The number of nitrogens with one attached hydrogen (secondary N) is 1. The van der Waals surface area contributed by atoms with E-state index in [1.165, 1.54) is 6.42 Å². The van der Waals surface area contributed by atoms with E-state index in [1.807, 2.05) is 19.9 Å². The summed E-state index contributed by atoms with van der Waals surface area (Å²) in [5.41, 5.74) is 0.957. The van der Waals surface area contributed by atoms with Crippen molar-refractivity contribution in [3.05, 3.63) is 11.8 Å². The molecule has 2 N–H and O–H groups in total. The molecule has 0 aromatic carbocycles. The molecule has 18 heavy (non-hydrogen) atoms. The topological polar surface area (TPSA) is 61.3 Å². The minimum Gasteiger partial charge on any atom is -0.394 e. The Balaban J connectivity index is 2.24. The number of anilines is 2. The summed E-state index contributed by atoms with van der Waals surface area (Å²) in [6, 6.07) is 2.19. The molecule has 0 spiro atoms. The van der Waals surface area contributed by atoms with Gasteiger partial charge in [0.05, 0.1) is 12.6 Å². The van der Waals surface area contributed by atoms with Crippen LogP contribution in [0.25, 0.3) is 0 Å². The summed E-state index contributed by atoms with van der Waals surface area (Å²) < 4.78 is 0. The summed E-state index contributed by atoms with van der Waals surface area (Å²) >= 11 is 0. The van der Waals surface area contributed by atoms with Gasteiger partial charge in [0, 0.05) is 24.8 Å². The van der Waals surface area contributed by atoms with E-state index in [2.05, 4.69) is 20.2 Å². The molecule has 1 fully saturated rings. The van der Waals surface area contributed by atoms with Gasteiger partial charge in [0.15, 0.2) is 0 Å². The fourth-order valence-electron chi connectivity index (χ4n) is 2.43. The van der Waals surface area contributed by atoms with Crippen LogP contribution in [0.15, 0.2) is 6.07 Å². The zero-order valence-electron chi connectivity index (χ0n) is 11.2. The second-order valence-corrected chi connectivity index (χ2v) is 4.75. The molecular weight excluding hydrogens is 228 g/mol. The van der Waals surface area contributed by atoms with Crippen LogP contribution in [0.1, 0.15) is 31.9 Å². The molecular formula is C13H22N4O. The highest BCUT2D eigenvalue weighted by Crippen LogP contribution is 2.24. The van der Waals surface area contributed by atoms with Gasteiger partial charge in [-0.05, 0) is 33.1 Å². The zero-order valence-corrected chi connectivity index (χ0v) is 11.2. The smallest absolute Gasteiger partial charge is 0.224 e. The summed E-state index contributed by atoms with van der Waals surface area (Å²) in [6.07, 6.45) is 3.39. The molecule has 5 heteroatoms. The Labute approximate surface area is 108 Å². The number of nitrogens with zero attached hydrogens (tertiary/aromatic N) is 3. The van der Waals surface area contributed by atoms with Crippen LogP contribution in [0.4, 0.5) is 11.8 Å². The molecule has 1 aliphatic rings. The normalized spacial score (nSPS) is 19.9. The standard InChI is InChI=1S/C13H22N4O/c1-3-14-13-15-10(2)8-12(16-13)17-7-5-4-6-11(17)9-18/h8,11,18H,3-7,9H2,1-2H3,(H,14,15,16). The Hall–Kier alpha value is -1.36. The van der Waals surface area contributed by atoms with Crippen LogP contribution in [0.2, 0.25) is 0 Å². The van der Waals surface area contributed by atoms with Crippen molar-refractivity contribution >= 4 is 11.8 Å². The van der Waals surface area contributed by atoms with E-state index in [1.54, 1.807) is 0 Å². The van der Waals surface area contributed by atoms with Crippen LogP contribution in [-0.4, -0.2) is 40.8 Å². The van der Waals surface area contributed by atoms with Crippen molar-refractivity contribution in [3.8, 4) is 0 Å². The number of aryl methyl sites for hydroxylation is 1. The lowest BCUT2D eigenvalue weighted by atomic mass is 10.0. The third-order valence-corrected chi connectivity index (χ3v) is 3.31. The minimum absolute atomic E-state index is 0.194. The van der Waals surface area contributed by atoms with Gasteiger partial charge in [-0.15, -0.1) is 0 Å². The Kier molecular flexibility index (Phi) is 4.36. The van der Waals surface area contributed by atoms with Gasteiger partial charge >= 0.3 is 0 Å². The largest absolute Gasteiger partial charge is 0.394 e. The van der Waals surface area contributed by atoms with Crippen LogP contribution in [0.3, 0.4) is 0 Å². The third kappa shape index (κ3) is 2.90. The van der Waals surface area contributed by atoms with Crippen LogP contribution in [-0.2, 0) is 0 Å². The summed E-state index contributed by atoms with van der Waals surface area (Å²) in [6.45, 7) is 5.98. The van der Waals surface area contributed by atoms with Crippen LogP contribution < -0.4 is 10.2 Å². The van der Waals surface area contributed by atoms with E-state index in [-0.39, 0.29) is 12.6 Å². The second kappa shape index (κ2) is 6.00. The molecule has 1 atom stereocenters. The molecule has 2 rings (SSSR count). The molecule has 2 heterocycles. The van der Waals surface area contributed by atoms with E-state index >= 15 is 0 Å². The Morgan fingerprint density at radius 1 is 1.44 bits per heavy atom. The number of aliphatic hydroxyl groups is 1. The highest BCUT2D eigenvalue weighted by Gasteiger charge is 2.23. The van der Waals surface area contributed by atoms with E-state index in [0.717, 1.165) is 37.4 Å². The Morgan fingerprint density at radius 2 is 2.28 bits per heavy atom. The second-order valence-electron chi connectivity index (χ2n) is 4.75. The van der Waals surface area contributed by atoms with Gasteiger partial charge in [-0.2, -0.15) is 4.98 Å². The highest BCUT2D eigenvalue weighted by molar-refractivity contribution is 5.46. The van der Waals surface area contributed by atoms with Crippen LogP contribution in [0.5, 0.6) is 0 Å². The SMILES string of the molecule is CCNc1nc(C)cc(N2CCCCC2CO)n1. The van der Waals surface area contributed by atoms with Crippen molar-refractivity contribution in [1.29, 1.82) is 0 Å². The zero-order chi connectivity index (χ0) is 13.0. The van der Waals surface area contributed by atoms with Gasteiger partial charge in [-0.3, -0.25) is 0 Å². The number of aromatic nitrogens is 2. The summed E-state index contributed by atoms with van der Waals surface area (Å²) in [5.74, 6) is 1.60. The molecule has 5 nitrogen and oxygen atoms in total. The fraction of sp³-hybridized carbons (Fsp3) is 0.692. The average molecular weight is 250 g/mol. The summed E-state index contributed by atoms with van der Waals surface area (Å²) in [7, 11) is 0. The average Bonchev–Trinajstić information content (AvgIpc) is 2.38. The van der Waals surface area contributed by atoms with Crippen LogP contribution >= 0.6 is 0 Å². The highest BCUT2D eigenvalue weighted by atomic mass is 16.3. The number of hydrogen-bond acceptors (Lipinski definition) is 5. The van der Waals surface area contributed by atoms with Crippen molar-refractivity contribution in [2.24, 2.45) is 0 Å². The van der Waals surface area contributed by atoms with Gasteiger partial charge in [-0.25, -0.2) is 4.98 Å².